The fourth-order valence-electron chi connectivity index (χ4n) is 1.79. The van der Waals surface area contributed by atoms with Crippen LogP contribution in [0.4, 0.5) is 0 Å². The van der Waals surface area contributed by atoms with Crippen molar-refractivity contribution in [2.75, 3.05) is 12.9 Å². The average Bonchev–Trinajstić information content (AvgIpc) is 2.62. The molecule has 15 heavy (non-hydrogen) atoms. The minimum Gasteiger partial charge on any atom is -0.469 e. The van der Waals surface area contributed by atoms with Crippen molar-refractivity contribution in [2.24, 2.45) is 5.73 Å². The summed E-state index contributed by atoms with van der Waals surface area (Å²) in [6.45, 7) is 0. The second-order valence-corrected chi connectivity index (χ2v) is 6.29. The van der Waals surface area contributed by atoms with Crippen molar-refractivity contribution >= 4 is 15.8 Å². The summed E-state index contributed by atoms with van der Waals surface area (Å²) in [5.41, 5.74) is 5.65. The zero-order valence-electron chi connectivity index (χ0n) is 8.81. The van der Waals surface area contributed by atoms with Crippen LogP contribution in [-0.4, -0.2) is 38.5 Å². The molecule has 0 spiro atoms. The molecule has 2 N–H and O–H groups in total. The molecule has 2 unspecified atom stereocenters. The number of hydrogen-bond acceptors (Lipinski definition) is 5. The van der Waals surface area contributed by atoms with E-state index in [2.05, 4.69) is 4.74 Å². The molecule has 0 aliphatic heterocycles. The van der Waals surface area contributed by atoms with Gasteiger partial charge in [-0.1, -0.05) is 0 Å². The number of ether oxygens (including phenoxy) is 1. The van der Waals surface area contributed by atoms with E-state index in [0.717, 1.165) is 6.42 Å². The van der Waals surface area contributed by atoms with Gasteiger partial charge in [-0.3, -0.25) is 4.79 Å². The molecule has 1 aliphatic rings. The second kappa shape index (κ2) is 4.94. The van der Waals surface area contributed by atoms with E-state index in [1.807, 2.05) is 0 Å². The van der Waals surface area contributed by atoms with Gasteiger partial charge in [0.15, 0.2) is 9.84 Å². The monoisotopic (exact) mass is 235 g/mol. The van der Waals surface area contributed by atoms with Crippen LogP contribution in [0.3, 0.4) is 0 Å². The SMILES string of the molecule is COC(=O)CCS(=O)(=O)C1CCC(N)C1. The van der Waals surface area contributed by atoms with Gasteiger partial charge in [0, 0.05) is 6.04 Å². The minimum absolute atomic E-state index is 0.0112. The average molecular weight is 235 g/mol. The predicted octanol–water partition coefficient (Wildman–Crippen LogP) is -0.156. The maximum Gasteiger partial charge on any atom is 0.306 e. The maximum absolute atomic E-state index is 11.7. The third kappa shape index (κ3) is 3.46. The molecule has 0 radical (unpaired) electrons. The van der Waals surface area contributed by atoms with Crippen molar-refractivity contribution < 1.29 is 17.9 Å². The molecular formula is C9H17NO4S. The van der Waals surface area contributed by atoms with Gasteiger partial charge in [-0.15, -0.1) is 0 Å². The Hall–Kier alpha value is -0.620. The number of sulfone groups is 1. The molecule has 5 nitrogen and oxygen atoms in total. The van der Waals surface area contributed by atoms with Crippen molar-refractivity contribution in [3.05, 3.63) is 0 Å². The summed E-state index contributed by atoms with van der Waals surface area (Å²) in [6.07, 6.45) is 1.82. The van der Waals surface area contributed by atoms with Crippen LogP contribution in [0.2, 0.25) is 0 Å². The first-order valence-corrected chi connectivity index (χ1v) is 6.71. The molecule has 2 atom stereocenters. The molecule has 88 valence electrons. The van der Waals surface area contributed by atoms with Gasteiger partial charge in [0.2, 0.25) is 0 Å². The summed E-state index contributed by atoms with van der Waals surface area (Å²) in [4.78, 5) is 10.8. The zero-order chi connectivity index (χ0) is 11.5. The summed E-state index contributed by atoms with van der Waals surface area (Å²) in [6, 6.07) is -0.0112. The first-order chi connectivity index (χ1) is 6.95. The zero-order valence-corrected chi connectivity index (χ0v) is 9.63. The van der Waals surface area contributed by atoms with Gasteiger partial charge in [-0.05, 0) is 19.3 Å². The number of esters is 1. The molecule has 1 saturated carbocycles. The molecule has 0 saturated heterocycles. The Kier molecular flexibility index (Phi) is 4.10. The second-order valence-electron chi connectivity index (χ2n) is 3.89. The summed E-state index contributed by atoms with van der Waals surface area (Å²) < 4.78 is 27.9. The van der Waals surface area contributed by atoms with E-state index in [0.29, 0.717) is 12.8 Å². The molecule has 1 aliphatic carbocycles. The van der Waals surface area contributed by atoms with Gasteiger partial charge in [0.05, 0.1) is 24.5 Å². The van der Waals surface area contributed by atoms with Crippen LogP contribution in [0.25, 0.3) is 0 Å². The van der Waals surface area contributed by atoms with Crippen LogP contribution >= 0.6 is 0 Å². The van der Waals surface area contributed by atoms with E-state index in [4.69, 9.17) is 5.73 Å². The fourth-order valence-corrected chi connectivity index (χ4v) is 3.61. The van der Waals surface area contributed by atoms with Crippen LogP contribution in [0.15, 0.2) is 0 Å². The summed E-state index contributed by atoms with van der Waals surface area (Å²) in [7, 11) is -1.93. The van der Waals surface area contributed by atoms with Crippen LogP contribution < -0.4 is 5.73 Å². The molecule has 0 aromatic heterocycles. The topological polar surface area (TPSA) is 86.5 Å². The number of carbonyl (C=O) groups excluding carboxylic acids is 1. The first-order valence-electron chi connectivity index (χ1n) is 4.99. The van der Waals surface area contributed by atoms with Crippen molar-refractivity contribution in [2.45, 2.75) is 37.0 Å². The number of hydrogen-bond donors (Lipinski definition) is 1. The van der Waals surface area contributed by atoms with Crippen LogP contribution in [-0.2, 0) is 19.4 Å². The molecular weight excluding hydrogens is 218 g/mol. The van der Waals surface area contributed by atoms with Crippen LogP contribution in [0.5, 0.6) is 0 Å². The molecule has 6 heteroatoms. The van der Waals surface area contributed by atoms with Crippen molar-refractivity contribution in [1.82, 2.24) is 0 Å². The van der Waals surface area contributed by atoms with E-state index in [-0.39, 0.29) is 23.5 Å². The summed E-state index contributed by atoms with van der Waals surface area (Å²) >= 11 is 0. The van der Waals surface area contributed by atoms with Crippen LogP contribution in [0.1, 0.15) is 25.7 Å². The Balaban J connectivity index is 2.49. The van der Waals surface area contributed by atoms with Crippen molar-refractivity contribution in [3.63, 3.8) is 0 Å². The lowest BCUT2D eigenvalue weighted by atomic mass is 10.3. The Labute approximate surface area is 89.9 Å². The van der Waals surface area contributed by atoms with Gasteiger partial charge in [0.1, 0.15) is 0 Å². The van der Waals surface area contributed by atoms with Gasteiger partial charge >= 0.3 is 5.97 Å². The highest BCUT2D eigenvalue weighted by Gasteiger charge is 2.32. The van der Waals surface area contributed by atoms with Gasteiger partial charge in [-0.2, -0.15) is 0 Å². The number of rotatable bonds is 4. The first kappa shape index (κ1) is 12.4. The largest absolute Gasteiger partial charge is 0.469 e. The highest BCUT2D eigenvalue weighted by Crippen LogP contribution is 2.24. The maximum atomic E-state index is 11.7. The molecule has 0 aromatic carbocycles. The van der Waals surface area contributed by atoms with Gasteiger partial charge < -0.3 is 10.5 Å². The quantitative estimate of drug-likeness (QED) is 0.684. The van der Waals surface area contributed by atoms with E-state index < -0.39 is 15.8 Å². The van der Waals surface area contributed by atoms with E-state index >= 15 is 0 Å². The lowest BCUT2D eigenvalue weighted by Crippen LogP contribution is -2.25. The predicted molar refractivity (Wildman–Crippen MR) is 56.0 cm³/mol. The molecule has 0 heterocycles. The molecule has 1 rings (SSSR count). The van der Waals surface area contributed by atoms with E-state index in [1.165, 1.54) is 7.11 Å². The Morgan fingerprint density at radius 1 is 1.47 bits per heavy atom. The third-order valence-electron chi connectivity index (χ3n) is 2.75. The normalized spacial score (nSPS) is 26.5. The van der Waals surface area contributed by atoms with Gasteiger partial charge in [-0.25, -0.2) is 8.42 Å². The third-order valence-corrected chi connectivity index (χ3v) is 4.97. The molecule has 0 amide bonds. The van der Waals surface area contributed by atoms with Gasteiger partial charge in [0.25, 0.3) is 0 Å². The Morgan fingerprint density at radius 3 is 2.60 bits per heavy atom. The molecule has 1 fully saturated rings. The standard InChI is InChI=1S/C9H17NO4S/c1-14-9(11)4-5-15(12,13)8-3-2-7(10)6-8/h7-8H,2-6,10H2,1H3. The number of nitrogens with two attached hydrogens (primary N) is 1. The van der Waals surface area contributed by atoms with E-state index in [1.54, 1.807) is 0 Å². The lowest BCUT2D eigenvalue weighted by Gasteiger charge is -2.10. The Morgan fingerprint density at radius 2 is 2.13 bits per heavy atom. The van der Waals surface area contributed by atoms with Crippen molar-refractivity contribution in [3.8, 4) is 0 Å². The number of carbonyl (C=O) groups is 1. The highest BCUT2D eigenvalue weighted by molar-refractivity contribution is 7.92. The summed E-state index contributed by atoms with van der Waals surface area (Å²) in [5, 5.41) is -0.364. The highest BCUT2D eigenvalue weighted by atomic mass is 32.2. The Bertz CT molecular complexity index is 325. The fraction of sp³-hybridized carbons (Fsp3) is 0.889. The van der Waals surface area contributed by atoms with Crippen molar-refractivity contribution in [1.29, 1.82) is 0 Å². The lowest BCUT2D eigenvalue weighted by molar-refractivity contribution is -0.140. The molecule has 0 aromatic rings. The number of methoxy groups -OCH3 is 1. The summed E-state index contributed by atoms with van der Waals surface area (Å²) in [5.74, 6) is -0.613. The smallest absolute Gasteiger partial charge is 0.306 e. The van der Waals surface area contributed by atoms with Crippen LogP contribution in [0, 0.1) is 0 Å². The van der Waals surface area contributed by atoms with E-state index in [9.17, 15) is 13.2 Å². The minimum atomic E-state index is -3.18. The molecule has 0 bridgehead atoms.